The molecule has 1 atom stereocenters. The Hall–Kier alpha value is -2.05. The highest BCUT2D eigenvalue weighted by atomic mass is 35.5. The van der Waals surface area contributed by atoms with Gasteiger partial charge >= 0.3 is 0 Å². The van der Waals surface area contributed by atoms with Crippen LogP contribution in [0.5, 0.6) is 0 Å². The fourth-order valence-corrected chi connectivity index (χ4v) is 3.75. The molecule has 7 heteroatoms. The summed E-state index contributed by atoms with van der Waals surface area (Å²) in [6.07, 6.45) is 1.77. The molecule has 146 valence electrons. The second-order valence-electron chi connectivity index (χ2n) is 6.64. The lowest BCUT2D eigenvalue weighted by Gasteiger charge is -2.24. The Bertz CT molecular complexity index is 911. The number of sulfonamides is 1. The van der Waals surface area contributed by atoms with E-state index in [2.05, 4.69) is 5.32 Å². The maximum atomic E-state index is 12.6. The summed E-state index contributed by atoms with van der Waals surface area (Å²) in [5.41, 5.74) is 3.33. The molecule has 0 aromatic heterocycles. The summed E-state index contributed by atoms with van der Waals surface area (Å²) < 4.78 is 25.5. The molecule has 0 unspecified atom stereocenters. The Morgan fingerprint density at radius 1 is 1.15 bits per heavy atom. The second kappa shape index (κ2) is 8.76. The van der Waals surface area contributed by atoms with Crippen molar-refractivity contribution >= 4 is 33.2 Å². The van der Waals surface area contributed by atoms with Gasteiger partial charge in [-0.1, -0.05) is 54.4 Å². The first-order valence-corrected chi connectivity index (χ1v) is 10.9. The Morgan fingerprint density at radius 2 is 1.78 bits per heavy atom. The summed E-state index contributed by atoms with van der Waals surface area (Å²) in [4.78, 5) is 12.6. The Kier molecular flexibility index (Phi) is 6.89. The molecular weight excluding hydrogens is 384 g/mol. The van der Waals surface area contributed by atoms with Gasteiger partial charge in [0.1, 0.15) is 6.54 Å². The molecule has 0 fully saturated rings. The summed E-state index contributed by atoms with van der Waals surface area (Å²) in [7, 11) is -3.64. The van der Waals surface area contributed by atoms with E-state index >= 15 is 0 Å². The monoisotopic (exact) mass is 408 g/mol. The lowest BCUT2D eigenvalue weighted by atomic mass is 10.0. The Morgan fingerprint density at radius 3 is 2.30 bits per heavy atom. The standard InChI is InChI=1S/C20H25ClN2O3S/c1-5-19(16-9-6-14(2)7-10-16)22-20(24)13-23(27(4,25)26)17-11-8-15(3)18(21)12-17/h6-12,19H,5,13H2,1-4H3,(H,22,24)/t19-/m0/s1. The number of nitrogens with one attached hydrogen (secondary N) is 1. The number of aryl methyl sites for hydroxylation is 2. The largest absolute Gasteiger partial charge is 0.348 e. The third kappa shape index (κ3) is 5.71. The average molecular weight is 409 g/mol. The molecule has 2 rings (SSSR count). The average Bonchev–Trinajstić information content (AvgIpc) is 2.60. The van der Waals surface area contributed by atoms with Crippen LogP contribution in [0.4, 0.5) is 5.69 Å². The minimum atomic E-state index is -3.64. The fourth-order valence-electron chi connectivity index (χ4n) is 2.73. The van der Waals surface area contributed by atoms with Crippen molar-refractivity contribution in [1.29, 1.82) is 0 Å². The van der Waals surface area contributed by atoms with E-state index in [0.29, 0.717) is 17.1 Å². The molecule has 0 saturated carbocycles. The molecule has 1 amide bonds. The van der Waals surface area contributed by atoms with Gasteiger partial charge in [0, 0.05) is 5.02 Å². The number of rotatable bonds is 7. The van der Waals surface area contributed by atoms with Crippen LogP contribution in [0.2, 0.25) is 5.02 Å². The second-order valence-corrected chi connectivity index (χ2v) is 8.96. The molecule has 0 bridgehead atoms. The van der Waals surface area contributed by atoms with Crippen molar-refractivity contribution in [3.8, 4) is 0 Å². The molecular formula is C20H25ClN2O3S. The number of amides is 1. The van der Waals surface area contributed by atoms with Crippen molar-refractivity contribution in [2.24, 2.45) is 0 Å². The quantitative estimate of drug-likeness (QED) is 0.753. The van der Waals surface area contributed by atoms with E-state index in [1.807, 2.05) is 45.0 Å². The zero-order valence-corrected chi connectivity index (χ0v) is 17.6. The molecule has 1 N–H and O–H groups in total. The van der Waals surface area contributed by atoms with E-state index in [1.165, 1.54) is 0 Å². The van der Waals surface area contributed by atoms with Crippen molar-refractivity contribution < 1.29 is 13.2 Å². The Labute approximate surface area is 166 Å². The maximum absolute atomic E-state index is 12.6. The third-order valence-electron chi connectivity index (χ3n) is 4.35. The molecule has 0 heterocycles. The summed E-state index contributed by atoms with van der Waals surface area (Å²) in [5.74, 6) is -0.371. The molecule has 0 spiro atoms. The first kappa shape index (κ1) is 21.3. The molecule has 0 radical (unpaired) electrons. The van der Waals surface area contributed by atoms with Crippen LogP contribution in [0.1, 0.15) is 36.1 Å². The summed E-state index contributed by atoms with van der Waals surface area (Å²) in [6.45, 7) is 5.50. The van der Waals surface area contributed by atoms with E-state index in [9.17, 15) is 13.2 Å². The minimum Gasteiger partial charge on any atom is -0.348 e. The van der Waals surface area contributed by atoms with Gasteiger partial charge in [-0.25, -0.2) is 8.42 Å². The first-order chi connectivity index (χ1) is 12.6. The molecule has 0 saturated heterocycles. The van der Waals surface area contributed by atoms with Gasteiger partial charge < -0.3 is 5.32 Å². The lowest BCUT2D eigenvalue weighted by molar-refractivity contribution is -0.120. The first-order valence-electron chi connectivity index (χ1n) is 8.71. The van der Waals surface area contributed by atoms with Crippen LogP contribution in [-0.2, 0) is 14.8 Å². The van der Waals surface area contributed by atoms with Gasteiger partial charge in [0.25, 0.3) is 0 Å². The van der Waals surface area contributed by atoms with E-state index in [1.54, 1.807) is 18.2 Å². The highest BCUT2D eigenvalue weighted by Gasteiger charge is 2.23. The van der Waals surface area contributed by atoms with Crippen LogP contribution in [0.25, 0.3) is 0 Å². The van der Waals surface area contributed by atoms with Gasteiger partial charge in [-0.2, -0.15) is 0 Å². The van der Waals surface area contributed by atoms with E-state index in [0.717, 1.165) is 27.3 Å². The van der Waals surface area contributed by atoms with Crippen molar-refractivity contribution in [3.05, 3.63) is 64.2 Å². The number of nitrogens with zero attached hydrogens (tertiary/aromatic N) is 1. The number of hydrogen-bond donors (Lipinski definition) is 1. The number of hydrogen-bond acceptors (Lipinski definition) is 3. The van der Waals surface area contributed by atoms with E-state index < -0.39 is 10.0 Å². The Balaban J connectivity index is 2.20. The molecule has 0 aliphatic heterocycles. The number of benzene rings is 2. The van der Waals surface area contributed by atoms with Gasteiger partial charge in [0.15, 0.2) is 0 Å². The predicted molar refractivity (Wildman–Crippen MR) is 111 cm³/mol. The van der Waals surface area contributed by atoms with Crippen LogP contribution in [-0.4, -0.2) is 27.1 Å². The van der Waals surface area contributed by atoms with Gasteiger partial charge in [-0.15, -0.1) is 0 Å². The van der Waals surface area contributed by atoms with Gasteiger partial charge in [-0.05, 0) is 43.5 Å². The lowest BCUT2D eigenvalue weighted by Crippen LogP contribution is -2.41. The zero-order valence-electron chi connectivity index (χ0n) is 16.0. The van der Waals surface area contributed by atoms with E-state index in [-0.39, 0.29) is 18.5 Å². The number of carbonyl (C=O) groups is 1. The van der Waals surface area contributed by atoms with Gasteiger partial charge in [-0.3, -0.25) is 9.10 Å². The van der Waals surface area contributed by atoms with Crippen LogP contribution in [0, 0.1) is 13.8 Å². The number of anilines is 1. The topological polar surface area (TPSA) is 66.5 Å². The van der Waals surface area contributed by atoms with Crippen molar-refractivity contribution in [1.82, 2.24) is 5.32 Å². The van der Waals surface area contributed by atoms with Crippen LogP contribution >= 0.6 is 11.6 Å². The molecule has 2 aromatic rings. The molecule has 0 aliphatic carbocycles. The summed E-state index contributed by atoms with van der Waals surface area (Å²) >= 11 is 6.12. The normalized spacial score (nSPS) is 12.5. The van der Waals surface area contributed by atoms with Gasteiger partial charge in [0.05, 0.1) is 18.0 Å². The summed E-state index contributed by atoms with van der Waals surface area (Å²) in [5, 5.41) is 3.37. The summed E-state index contributed by atoms with van der Waals surface area (Å²) in [6, 6.07) is 12.7. The van der Waals surface area contributed by atoms with Crippen molar-refractivity contribution in [2.45, 2.75) is 33.2 Å². The van der Waals surface area contributed by atoms with Crippen LogP contribution in [0.15, 0.2) is 42.5 Å². The third-order valence-corrected chi connectivity index (χ3v) is 5.90. The van der Waals surface area contributed by atoms with Gasteiger partial charge in [0.2, 0.25) is 15.9 Å². The van der Waals surface area contributed by atoms with Crippen LogP contribution < -0.4 is 9.62 Å². The molecule has 0 aliphatic rings. The highest BCUT2D eigenvalue weighted by molar-refractivity contribution is 7.92. The van der Waals surface area contributed by atoms with Crippen molar-refractivity contribution in [3.63, 3.8) is 0 Å². The fraction of sp³-hybridized carbons (Fsp3) is 0.350. The maximum Gasteiger partial charge on any atom is 0.241 e. The molecule has 27 heavy (non-hydrogen) atoms. The highest BCUT2D eigenvalue weighted by Crippen LogP contribution is 2.25. The van der Waals surface area contributed by atoms with Crippen molar-refractivity contribution in [2.75, 3.05) is 17.1 Å². The molecule has 5 nitrogen and oxygen atoms in total. The smallest absolute Gasteiger partial charge is 0.241 e. The SMILES string of the molecule is CC[C@H](NC(=O)CN(c1ccc(C)c(Cl)c1)S(C)(=O)=O)c1ccc(C)cc1. The molecule has 2 aromatic carbocycles. The van der Waals surface area contributed by atoms with E-state index in [4.69, 9.17) is 11.6 Å². The minimum absolute atomic E-state index is 0.180. The van der Waals surface area contributed by atoms with Crippen LogP contribution in [0.3, 0.4) is 0 Å². The number of carbonyl (C=O) groups excluding carboxylic acids is 1. The number of halogens is 1. The zero-order chi connectivity index (χ0) is 20.2. The predicted octanol–water partition coefficient (Wildman–Crippen LogP) is 3.99.